The molecule has 0 aliphatic rings. The molecule has 1 unspecified atom stereocenters. The second-order valence-corrected chi connectivity index (χ2v) is 7.03. The summed E-state index contributed by atoms with van der Waals surface area (Å²) in [4.78, 5) is 12.2. The number of nitrogens with two attached hydrogens (primary N) is 1. The Morgan fingerprint density at radius 2 is 1.71 bits per heavy atom. The summed E-state index contributed by atoms with van der Waals surface area (Å²) in [5, 5.41) is 7.12. The zero-order chi connectivity index (χ0) is 19.2. The number of nitrogens with zero attached hydrogens (tertiary/aromatic N) is 2. The minimum Gasteiger partial charge on any atom is -0.354 e. The van der Waals surface area contributed by atoms with Crippen LogP contribution in [0, 0.1) is 0 Å². The molecule has 1 amide bonds. The van der Waals surface area contributed by atoms with E-state index in [9.17, 15) is 4.79 Å². The first-order chi connectivity index (χ1) is 13.0. The molecule has 1 aromatic heterocycles. The van der Waals surface area contributed by atoms with Crippen molar-refractivity contribution in [1.82, 2.24) is 15.1 Å². The van der Waals surface area contributed by atoms with Gasteiger partial charge < -0.3 is 11.1 Å². The maximum absolute atomic E-state index is 12.2. The minimum atomic E-state index is -0.211. The zero-order valence-electron chi connectivity index (χ0n) is 16.2. The molecule has 28 heavy (non-hydrogen) atoms. The van der Waals surface area contributed by atoms with Gasteiger partial charge >= 0.3 is 0 Å². The van der Waals surface area contributed by atoms with Gasteiger partial charge in [0.1, 0.15) is 0 Å². The molecule has 0 fully saturated rings. The summed E-state index contributed by atoms with van der Waals surface area (Å²) >= 11 is 0. The number of amides is 1. The molecule has 1 heterocycles. The first-order valence-corrected chi connectivity index (χ1v) is 9.24. The maximum atomic E-state index is 12.2. The van der Waals surface area contributed by atoms with E-state index in [0.717, 1.165) is 16.8 Å². The number of carbonyl (C=O) groups is 1. The van der Waals surface area contributed by atoms with Crippen molar-refractivity contribution in [2.75, 3.05) is 6.54 Å². The fraction of sp³-hybridized carbons (Fsp3) is 0.273. The van der Waals surface area contributed by atoms with Crippen molar-refractivity contribution < 1.29 is 4.79 Å². The molecule has 0 bridgehead atoms. The molecule has 6 heteroatoms. The van der Waals surface area contributed by atoms with Crippen LogP contribution in [-0.2, 0) is 11.2 Å². The number of halogens is 1. The van der Waals surface area contributed by atoms with E-state index >= 15 is 0 Å². The Morgan fingerprint density at radius 1 is 1.07 bits per heavy atom. The van der Waals surface area contributed by atoms with Crippen molar-refractivity contribution in [1.29, 1.82) is 0 Å². The average molecular weight is 399 g/mol. The molecule has 1 atom stereocenters. The van der Waals surface area contributed by atoms with Crippen LogP contribution >= 0.6 is 12.4 Å². The molecule has 0 aliphatic carbocycles. The summed E-state index contributed by atoms with van der Waals surface area (Å²) in [5.74, 6) is 0.464. The largest absolute Gasteiger partial charge is 0.354 e. The zero-order valence-corrected chi connectivity index (χ0v) is 17.0. The first-order valence-electron chi connectivity index (χ1n) is 9.24. The standard InChI is InChI=1S/C22H26N4O.ClH/c1-16(2)18-6-8-19(9-7-18)21(23)15-24-22(27)14-17-4-10-20(11-5-17)26-13-3-12-25-26;/h3-13,16,21H,14-15,23H2,1-2H3,(H,24,27);1H. The van der Waals surface area contributed by atoms with E-state index in [1.807, 2.05) is 48.7 Å². The van der Waals surface area contributed by atoms with Crippen LogP contribution in [0.25, 0.3) is 5.69 Å². The van der Waals surface area contributed by atoms with E-state index in [-0.39, 0.29) is 24.4 Å². The molecule has 0 aliphatic heterocycles. The number of benzene rings is 2. The third-order valence-corrected chi connectivity index (χ3v) is 4.62. The highest BCUT2D eigenvalue weighted by Gasteiger charge is 2.10. The van der Waals surface area contributed by atoms with Gasteiger partial charge in [0.05, 0.1) is 12.1 Å². The first kappa shape index (κ1) is 21.7. The van der Waals surface area contributed by atoms with Gasteiger partial charge in [-0.3, -0.25) is 4.79 Å². The van der Waals surface area contributed by atoms with Gasteiger partial charge in [-0.1, -0.05) is 50.2 Å². The second kappa shape index (κ2) is 10.1. The van der Waals surface area contributed by atoms with E-state index in [1.54, 1.807) is 10.9 Å². The highest BCUT2D eigenvalue weighted by atomic mass is 35.5. The summed E-state index contributed by atoms with van der Waals surface area (Å²) in [7, 11) is 0. The van der Waals surface area contributed by atoms with E-state index in [2.05, 4.69) is 36.4 Å². The Labute approximate surface area is 172 Å². The van der Waals surface area contributed by atoms with E-state index in [1.165, 1.54) is 5.56 Å². The van der Waals surface area contributed by atoms with Crippen LogP contribution in [0.5, 0.6) is 0 Å². The van der Waals surface area contributed by atoms with Crippen LogP contribution in [0.1, 0.15) is 42.5 Å². The van der Waals surface area contributed by atoms with Crippen molar-refractivity contribution in [2.45, 2.75) is 32.2 Å². The summed E-state index contributed by atoms with van der Waals surface area (Å²) in [5.41, 5.74) is 10.5. The third kappa shape index (κ3) is 5.68. The lowest BCUT2D eigenvalue weighted by Crippen LogP contribution is -2.32. The van der Waals surface area contributed by atoms with Crippen LogP contribution in [-0.4, -0.2) is 22.2 Å². The summed E-state index contributed by atoms with van der Waals surface area (Å²) in [6, 6.07) is 17.8. The topological polar surface area (TPSA) is 72.9 Å². The van der Waals surface area contributed by atoms with Gasteiger partial charge in [0.2, 0.25) is 5.91 Å². The van der Waals surface area contributed by atoms with Crippen molar-refractivity contribution in [3.8, 4) is 5.69 Å². The van der Waals surface area contributed by atoms with Crippen LogP contribution in [0.3, 0.4) is 0 Å². The quantitative estimate of drug-likeness (QED) is 0.636. The molecule has 0 spiro atoms. The van der Waals surface area contributed by atoms with Crippen molar-refractivity contribution in [3.63, 3.8) is 0 Å². The molecule has 3 N–H and O–H groups in total. The molecule has 5 nitrogen and oxygen atoms in total. The third-order valence-electron chi connectivity index (χ3n) is 4.62. The molecule has 2 aromatic carbocycles. The Hall–Kier alpha value is -2.63. The minimum absolute atomic E-state index is 0. The predicted molar refractivity (Wildman–Crippen MR) is 115 cm³/mol. The van der Waals surface area contributed by atoms with Gasteiger partial charge in [0.15, 0.2) is 0 Å². The molecule has 0 radical (unpaired) electrons. The molecule has 3 aromatic rings. The summed E-state index contributed by atoms with van der Waals surface area (Å²) in [6.07, 6.45) is 3.95. The maximum Gasteiger partial charge on any atom is 0.224 e. The van der Waals surface area contributed by atoms with Gasteiger partial charge in [0, 0.05) is 25.0 Å². The highest BCUT2D eigenvalue weighted by molar-refractivity contribution is 5.85. The van der Waals surface area contributed by atoms with E-state index in [0.29, 0.717) is 18.9 Å². The van der Waals surface area contributed by atoms with Crippen molar-refractivity contribution in [3.05, 3.63) is 83.7 Å². The van der Waals surface area contributed by atoms with E-state index in [4.69, 9.17) is 5.73 Å². The van der Waals surface area contributed by atoms with Crippen molar-refractivity contribution in [2.24, 2.45) is 5.73 Å². The Bertz CT molecular complexity index is 859. The smallest absolute Gasteiger partial charge is 0.224 e. The number of hydrogen-bond donors (Lipinski definition) is 2. The second-order valence-electron chi connectivity index (χ2n) is 7.03. The lowest BCUT2D eigenvalue weighted by atomic mass is 9.99. The Kier molecular flexibility index (Phi) is 7.79. The number of rotatable bonds is 7. The van der Waals surface area contributed by atoms with Gasteiger partial charge in [-0.15, -0.1) is 12.4 Å². The Morgan fingerprint density at radius 3 is 2.29 bits per heavy atom. The molecule has 0 saturated heterocycles. The van der Waals surface area contributed by atoms with Gasteiger partial charge in [-0.25, -0.2) is 4.68 Å². The van der Waals surface area contributed by atoms with E-state index < -0.39 is 0 Å². The average Bonchev–Trinajstić information content (AvgIpc) is 3.21. The van der Waals surface area contributed by atoms with Crippen LogP contribution < -0.4 is 11.1 Å². The normalized spacial score (nSPS) is 11.7. The van der Waals surface area contributed by atoms with Crippen LogP contribution in [0.15, 0.2) is 67.0 Å². The molecular weight excluding hydrogens is 372 g/mol. The van der Waals surface area contributed by atoms with Gasteiger partial charge in [-0.2, -0.15) is 5.10 Å². The van der Waals surface area contributed by atoms with Crippen LogP contribution in [0.2, 0.25) is 0 Å². The van der Waals surface area contributed by atoms with Crippen molar-refractivity contribution >= 4 is 18.3 Å². The highest BCUT2D eigenvalue weighted by Crippen LogP contribution is 2.17. The predicted octanol–water partition coefficient (Wildman–Crippen LogP) is 3.78. The molecule has 148 valence electrons. The molecule has 0 saturated carbocycles. The van der Waals surface area contributed by atoms with Gasteiger partial charge in [-0.05, 0) is 40.8 Å². The summed E-state index contributed by atoms with van der Waals surface area (Å²) in [6.45, 7) is 4.75. The number of hydrogen-bond acceptors (Lipinski definition) is 3. The SMILES string of the molecule is CC(C)c1ccc(C(N)CNC(=O)Cc2ccc(-n3cccn3)cc2)cc1.Cl. The number of aromatic nitrogens is 2. The lowest BCUT2D eigenvalue weighted by Gasteiger charge is -2.15. The molecular formula is C22H27ClN4O. The summed E-state index contributed by atoms with van der Waals surface area (Å²) < 4.78 is 1.79. The monoisotopic (exact) mass is 398 g/mol. The molecule has 3 rings (SSSR count). The Balaban J connectivity index is 0.00000280. The fourth-order valence-corrected chi connectivity index (χ4v) is 2.91. The van der Waals surface area contributed by atoms with Crippen LogP contribution in [0.4, 0.5) is 0 Å². The number of nitrogens with one attached hydrogen (secondary N) is 1. The fourth-order valence-electron chi connectivity index (χ4n) is 2.91. The number of carbonyl (C=O) groups excluding carboxylic acids is 1. The van der Waals surface area contributed by atoms with Gasteiger partial charge in [0.25, 0.3) is 0 Å². The lowest BCUT2D eigenvalue weighted by molar-refractivity contribution is -0.120.